The van der Waals surface area contributed by atoms with E-state index in [9.17, 15) is 23.5 Å². The first kappa shape index (κ1) is 25.7. The number of carboxylic acid groups (broad SMARTS) is 1. The van der Waals surface area contributed by atoms with E-state index in [1.165, 1.54) is 22.6 Å². The van der Waals surface area contributed by atoms with Crippen molar-refractivity contribution in [2.45, 2.75) is 75.9 Å². The molecule has 0 saturated carbocycles. The number of benzene rings is 1. The van der Waals surface area contributed by atoms with Gasteiger partial charge in [-0.25, -0.2) is 0 Å². The molecule has 2 rings (SSSR count). The number of hydrogen-bond acceptors (Lipinski definition) is 3. The number of aliphatic carboxylic acids is 1. The Morgan fingerprint density at radius 2 is 1.84 bits per heavy atom. The van der Waals surface area contributed by atoms with Crippen molar-refractivity contribution in [1.29, 1.82) is 0 Å². The molecule has 32 heavy (non-hydrogen) atoms. The van der Waals surface area contributed by atoms with Crippen molar-refractivity contribution in [2.75, 3.05) is 6.54 Å². The van der Waals surface area contributed by atoms with Crippen molar-refractivity contribution in [1.82, 2.24) is 4.90 Å². The highest BCUT2D eigenvalue weighted by Crippen LogP contribution is 2.34. The maximum atomic E-state index is 14.0. The summed E-state index contributed by atoms with van der Waals surface area (Å²) in [7, 11) is 0. The van der Waals surface area contributed by atoms with E-state index >= 15 is 0 Å². The maximum Gasteiger partial charge on any atom is 0.327 e. The molecule has 1 aromatic rings. The number of aliphatic hydroxyl groups excluding tert-OH is 1. The first-order valence-electron chi connectivity index (χ1n) is 11.2. The molecule has 2 N–H and O–H groups in total. The summed E-state index contributed by atoms with van der Waals surface area (Å²) in [5, 5.41) is 19.0. The van der Waals surface area contributed by atoms with Gasteiger partial charge in [-0.3, -0.25) is 9.59 Å². The van der Waals surface area contributed by atoms with Gasteiger partial charge in [0.2, 0.25) is 0 Å². The molecule has 176 valence electrons. The van der Waals surface area contributed by atoms with Crippen LogP contribution < -0.4 is 0 Å². The van der Waals surface area contributed by atoms with Gasteiger partial charge < -0.3 is 15.1 Å². The van der Waals surface area contributed by atoms with Crippen LogP contribution in [-0.4, -0.2) is 51.6 Å². The van der Waals surface area contributed by atoms with Crippen molar-refractivity contribution >= 4 is 11.9 Å². The molecule has 0 aromatic heterocycles. The number of carboxylic acids is 1. The van der Waals surface area contributed by atoms with E-state index in [0.29, 0.717) is 37.7 Å². The van der Waals surface area contributed by atoms with Gasteiger partial charge in [0.1, 0.15) is 0 Å². The zero-order valence-corrected chi connectivity index (χ0v) is 18.4. The topological polar surface area (TPSA) is 77.8 Å². The second-order valence-corrected chi connectivity index (χ2v) is 8.36. The van der Waals surface area contributed by atoms with Crippen LogP contribution in [0.4, 0.5) is 8.78 Å². The highest BCUT2D eigenvalue weighted by Gasteiger charge is 2.52. The normalized spacial score (nSPS) is 18.9. The standard InChI is InChI=1S/C25H33F2NO4/c1-19(10-9-13-20-11-5-4-6-12-20)22(29)16-15-21-18-25(26,27)24(32)28(21)17-8-3-2-7-14-23(30)31/h4-6,11-12,15-16,21-22,29H,1-3,7-10,13-14,17-18H2,(H,30,31)/b16-15+/t21-,22+/m0/s1. The van der Waals surface area contributed by atoms with Gasteiger partial charge in [0.05, 0.1) is 12.1 Å². The molecule has 7 heteroatoms. The molecule has 1 aromatic carbocycles. The molecular formula is C25H33F2NO4. The molecule has 1 fully saturated rings. The van der Waals surface area contributed by atoms with Gasteiger partial charge in [-0.1, -0.05) is 61.9 Å². The highest BCUT2D eigenvalue weighted by molar-refractivity contribution is 5.86. The smallest absolute Gasteiger partial charge is 0.327 e. The van der Waals surface area contributed by atoms with E-state index in [-0.39, 0.29) is 13.0 Å². The van der Waals surface area contributed by atoms with Crippen LogP contribution in [0.1, 0.15) is 56.9 Å². The molecule has 5 nitrogen and oxygen atoms in total. The van der Waals surface area contributed by atoms with Crippen LogP contribution in [0, 0.1) is 0 Å². The Labute approximate surface area is 188 Å². The fourth-order valence-corrected chi connectivity index (χ4v) is 3.85. The van der Waals surface area contributed by atoms with Crippen LogP contribution in [0.25, 0.3) is 0 Å². The third-order valence-corrected chi connectivity index (χ3v) is 5.72. The Bertz CT molecular complexity index is 794. The quantitative estimate of drug-likeness (QED) is 0.317. The largest absolute Gasteiger partial charge is 0.481 e. The molecule has 0 radical (unpaired) electrons. The molecule has 1 heterocycles. The van der Waals surface area contributed by atoms with E-state index in [1.807, 2.05) is 30.3 Å². The predicted octanol–water partition coefficient (Wildman–Crippen LogP) is 4.75. The van der Waals surface area contributed by atoms with Crippen LogP contribution >= 0.6 is 0 Å². The first-order chi connectivity index (χ1) is 15.2. The zero-order chi connectivity index (χ0) is 23.6. The Morgan fingerprint density at radius 3 is 2.53 bits per heavy atom. The van der Waals surface area contributed by atoms with Gasteiger partial charge in [0.25, 0.3) is 5.91 Å². The number of hydrogen-bond donors (Lipinski definition) is 2. The summed E-state index contributed by atoms with van der Waals surface area (Å²) in [4.78, 5) is 23.8. The lowest BCUT2D eigenvalue weighted by atomic mass is 10.0. The maximum absolute atomic E-state index is 14.0. The monoisotopic (exact) mass is 449 g/mol. The number of nitrogens with zero attached hydrogens (tertiary/aromatic N) is 1. The molecule has 0 bridgehead atoms. The van der Waals surface area contributed by atoms with Crippen molar-refractivity contribution < 1.29 is 28.6 Å². The van der Waals surface area contributed by atoms with Gasteiger partial charge in [-0.05, 0) is 43.2 Å². The Morgan fingerprint density at radius 1 is 1.16 bits per heavy atom. The lowest BCUT2D eigenvalue weighted by molar-refractivity contribution is -0.148. The van der Waals surface area contributed by atoms with Crippen molar-refractivity contribution in [2.24, 2.45) is 0 Å². The van der Waals surface area contributed by atoms with E-state index in [0.717, 1.165) is 12.8 Å². The van der Waals surface area contributed by atoms with Gasteiger partial charge in [-0.2, -0.15) is 8.78 Å². The van der Waals surface area contributed by atoms with Crippen LogP contribution in [-0.2, 0) is 16.0 Å². The Balaban J connectivity index is 1.81. The highest BCUT2D eigenvalue weighted by atomic mass is 19.3. The molecular weight excluding hydrogens is 416 g/mol. The number of likely N-dealkylation sites (tertiary alicyclic amines) is 1. The van der Waals surface area contributed by atoms with Crippen LogP contribution in [0.2, 0.25) is 0 Å². The van der Waals surface area contributed by atoms with Crippen molar-refractivity contribution in [3.63, 3.8) is 0 Å². The Hall–Kier alpha value is -2.54. The van der Waals surface area contributed by atoms with Crippen LogP contribution in [0.5, 0.6) is 0 Å². The average Bonchev–Trinajstić information content (AvgIpc) is 2.97. The fourth-order valence-electron chi connectivity index (χ4n) is 3.85. The molecule has 1 aliphatic rings. The SMILES string of the molecule is C=C(CCCc1ccccc1)[C@H](O)/C=C/[C@H]1CC(F)(F)C(=O)N1CCCCCCC(=O)O. The number of alkyl halides is 2. The third kappa shape index (κ3) is 8.19. The number of aryl methyl sites for hydroxylation is 1. The summed E-state index contributed by atoms with van der Waals surface area (Å²) in [6.45, 7) is 4.10. The number of halogens is 2. The zero-order valence-electron chi connectivity index (χ0n) is 18.4. The molecule has 2 atom stereocenters. The summed E-state index contributed by atoms with van der Waals surface area (Å²) in [5.41, 5.74) is 1.81. The summed E-state index contributed by atoms with van der Waals surface area (Å²) < 4.78 is 28.0. The van der Waals surface area contributed by atoms with Crippen LogP contribution in [0.15, 0.2) is 54.6 Å². The lowest BCUT2D eigenvalue weighted by Crippen LogP contribution is -2.36. The summed E-state index contributed by atoms with van der Waals surface area (Å²) in [6.07, 6.45) is 6.15. The van der Waals surface area contributed by atoms with Gasteiger partial charge in [0, 0.05) is 19.4 Å². The number of carbonyl (C=O) groups excluding carboxylic acids is 1. The van der Waals surface area contributed by atoms with E-state index < -0.39 is 36.4 Å². The first-order valence-corrected chi connectivity index (χ1v) is 11.2. The average molecular weight is 450 g/mol. The number of rotatable bonds is 14. The Kier molecular flexibility index (Phi) is 10.0. The van der Waals surface area contributed by atoms with E-state index in [4.69, 9.17) is 5.11 Å². The van der Waals surface area contributed by atoms with Gasteiger partial charge in [-0.15, -0.1) is 0 Å². The molecule has 1 saturated heterocycles. The molecule has 0 aliphatic carbocycles. The fraction of sp³-hybridized carbons (Fsp3) is 0.520. The lowest BCUT2D eigenvalue weighted by Gasteiger charge is -2.22. The van der Waals surface area contributed by atoms with Gasteiger partial charge >= 0.3 is 11.9 Å². The van der Waals surface area contributed by atoms with Crippen molar-refractivity contribution in [3.8, 4) is 0 Å². The molecule has 0 unspecified atom stereocenters. The second-order valence-electron chi connectivity index (χ2n) is 8.36. The minimum Gasteiger partial charge on any atom is -0.481 e. The molecule has 1 aliphatic heterocycles. The summed E-state index contributed by atoms with van der Waals surface area (Å²) in [6, 6.07) is 9.21. The number of aliphatic hydroxyl groups is 1. The second kappa shape index (κ2) is 12.5. The molecule has 0 spiro atoms. The summed E-state index contributed by atoms with van der Waals surface area (Å²) in [5.74, 6) is -5.45. The van der Waals surface area contributed by atoms with E-state index in [2.05, 4.69) is 6.58 Å². The van der Waals surface area contributed by atoms with E-state index in [1.54, 1.807) is 0 Å². The predicted molar refractivity (Wildman–Crippen MR) is 119 cm³/mol. The minimum absolute atomic E-state index is 0.0825. The van der Waals surface area contributed by atoms with Crippen LogP contribution in [0.3, 0.4) is 0 Å². The number of carbonyl (C=O) groups is 2. The van der Waals surface area contributed by atoms with Crippen molar-refractivity contribution in [3.05, 3.63) is 60.2 Å². The summed E-state index contributed by atoms with van der Waals surface area (Å²) >= 11 is 0. The molecule has 1 amide bonds. The minimum atomic E-state index is -3.41. The third-order valence-electron chi connectivity index (χ3n) is 5.72. The van der Waals surface area contributed by atoms with Gasteiger partial charge in [0.15, 0.2) is 0 Å². The number of amides is 1. The number of unbranched alkanes of at least 4 members (excludes halogenated alkanes) is 3.